The van der Waals surface area contributed by atoms with Gasteiger partial charge in [-0.3, -0.25) is 0 Å². The number of nitrogens with two attached hydrogens (primary N) is 2. The van der Waals surface area contributed by atoms with Crippen molar-refractivity contribution >= 4 is 11.5 Å². The molecule has 102 valence electrons. The zero-order valence-electron chi connectivity index (χ0n) is 10.1. The second-order valence-electron chi connectivity index (χ2n) is 4.29. The summed E-state index contributed by atoms with van der Waals surface area (Å²) in [5, 5.41) is 0. The highest BCUT2D eigenvalue weighted by atomic mass is 19.3. The van der Waals surface area contributed by atoms with E-state index in [0.717, 1.165) is 6.07 Å². The topological polar surface area (TPSA) is 73.6 Å². The molecule has 0 aliphatic carbocycles. The van der Waals surface area contributed by atoms with Crippen molar-refractivity contribution in [2.45, 2.75) is 12.5 Å². The van der Waals surface area contributed by atoms with Crippen molar-refractivity contribution in [2.24, 2.45) is 10.7 Å². The van der Waals surface area contributed by atoms with Crippen LogP contribution in [0, 0.1) is 5.82 Å². The molecule has 0 saturated heterocycles. The summed E-state index contributed by atoms with van der Waals surface area (Å²) >= 11 is 0. The fourth-order valence-corrected chi connectivity index (χ4v) is 1.99. The van der Waals surface area contributed by atoms with Gasteiger partial charge < -0.3 is 16.2 Å². The van der Waals surface area contributed by atoms with E-state index in [0.29, 0.717) is 0 Å². The van der Waals surface area contributed by atoms with E-state index in [-0.39, 0.29) is 23.7 Å². The number of anilines is 1. The van der Waals surface area contributed by atoms with Crippen molar-refractivity contribution in [3.63, 3.8) is 0 Å². The van der Waals surface area contributed by atoms with Gasteiger partial charge in [0.05, 0.1) is 0 Å². The molecule has 0 bridgehead atoms. The van der Waals surface area contributed by atoms with E-state index in [1.165, 1.54) is 19.1 Å². The maximum atomic E-state index is 13.9. The monoisotopic (exact) mass is 271 g/mol. The van der Waals surface area contributed by atoms with E-state index < -0.39 is 23.2 Å². The summed E-state index contributed by atoms with van der Waals surface area (Å²) < 4.78 is 44.7. The Kier molecular flexibility index (Phi) is 3.13. The molecule has 1 unspecified atom stereocenters. The fourth-order valence-electron chi connectivity index (χ4n) is 1.99. The van der Waals surface area contributed by atoms with Gasteiger partial charge in [-0.05, 0) is 25.1 Å². The number of ether oxygens (including phenoxy) is 1. The molecular weight excluding hydrogens is 259 g/mol. The Morgan fingerprint density at radius 2 is 2.05 bits per heavy atom. The second kappa shape index (κ2) is 4.49. The van der Waals surface area contributed by atoms with E-state index in [4.69, 9.17) is 16.2 Å². The van der Waals surface area contributed by atoms with Gasteiger partial charge in [0.1, 0.15) is 18.3 Å². The lowest BCUT2D eigenvalue weighted by atomic mass is 9.89. The Balaban J connectivity index is 2.70. The summed E-state index contributed by atoms with van der Waals surface area (Å²) in [5.74, 6) is -1.42. The molecule has 0 aromatic heterocycles. The molecule has 1 aliphatic heterocycles. The lowest BCUT2D eigenvalue weighted by Crippen LogP contribution is -2.37. The molecule has 0 spiro atoms. The summed E-state index contributed by atoms with van der Waals surface area (Å²) in [6, 6.07) is 3.65. The van der Waals surface area contributed by atoms with Gasteiger partial charge in [-0.25, -0.2) is 9.38 Å². The number of nitrogens with zero attached hydrogens (tertiary/aromatic N) is 1. The highest BCUT2D eigenvalue weighted by molar-refractivity contribution is 5.83. The van der Waals surface area contributed by atoms with Crippen LogP contribution >= 0.6 is 0 Å². The van der Waals surface area contributed by atoms with Gasteiger partial charge in [-0.15, -0.1) is 0 Å². The van der Waals surface area contributed by atoms with Gasteiger partial charge in [0.15, 0.2) is 11.3 Å². The molecule has 1 aliphatic rings. The van der Waals surface area contributed by atoms with Crippen LogP contribution in [0.1, 0.15) is 12.5 Å². The van der Waals surface area contributed by atoms with Crippen molar-refractivity contribution in [1.29, 1.82) is 0 Å². The summed E-state index contributed by atoms with van der Waals surface area (Å²) in [7, 11) is 0. The molecule has 1 atom stereocenters. The van der Waals surface area contributed by atoms with E-state index in [1.807, 2.05) is 0 Å². The van der Waals surface area contributed by atoms with Crippen molar-refractivity contribution in [3.8, 4) is 0 Å². The quantitative estimate of drug-likeness (QED) is 0.768. The van der Waals surface area contributed by atoms with E-state index in [2.05, 4.69) is 4.99 Å². The largest absolute Gasteiger partial charge is 0.482 e. The lowest BCUT2D eigenvalue weighted by Gasteiger charge is -2.32. The molecule has 0 saturated carbocycles. The van der Waals surface area contributed by atoms with E-state index >= 15 is 0 Å². The number of aliphatic imine (C=N–C) groups is 1. The highest BCUT2D eigenvalue weighted by Crippen LogP contribution is 2.40. The third kappa shape index (κ3) is 2.23. The lowest BCUT2D eigenvalue weighted by molar-refractivity contribution is 0.158. The standard InChI is InChI=1S/C12H12F3N3O/c1-12(7-4-6(16)2-3-8(7)13)10(11(14)15)19-5-9(17)18-12/h2-4H,5,16H2,1H3,(H2,17,18). The molecule has 1 aromatic carbocycles. The fraction of sp³-hybridized carbons (Fsp3) is 0.250. The molecule has 7 heteroatoms. The Bertz CT molecular complexity index is 582. The minimum absolute atomic E-state index is 0.00863. The summed E-state index contributed by atoms with van der Waals surface area (Å²) in [6.07, 6.45) is -2.07. The van der Waals surface area contributed by atoms with Gasteiger partial charge in [0.25, 0.3) is 0 Å². The van der Waals surface area contributed by atoms with Crippen LogP contribution in [0.2, 0.25) is 0 Å². The first-order valence-electron chi connectivity index (χ1n) is 5.43. The highest BCUT2D eigenvalue weighted by Gasteiger charge is 2.41. The molecule has 1 aromatic rings. The van der Waals surface area contributed by atoms with E-state index in [1.54, 1.807) is 0 Å². The van der Waals surface area contributed by atoms with E-state index in [9.17, 15) is 13.2 Å². The van der Waals surface area contributed by atoms with Crippen LogP contribution in [-0.2, 0) is 10.3 Å². The third-order valence-corrected chi connectivity index (χ3v) is 2.86. The first kappa shape index (κ1) is 13.3. The molecule has 19 heavy (non-hydrogen) atoms. The Hall–Kier alpha value is -2.18. The third-order valence-electron chi connectivity index (χ3n) is 2.86. The van der Waals surface area contributed by atoms with Crippen molar-refractivity contribution < 1.29 is 17.9 Å². The second-order valence-corrected chi connectivity index (χ2v) is 4.29. The predicted octanol–water partition coefficient (Wildman–Crippen LogP) is 2.12. The normalized spacial score (nSPS) is 22.7. The smallest absolute Gasteiger partial charge is 0.310 e. The van der Waals surface area contributed by atoms with Crippen molar-refractivity contribution in [3.05, 3.63) is 41.4 Å². The first-order valence-corrected chi connectivity index (χ1v) is 5.43. The van der Waals surface area contributed by atoms with Gasteiger partial charge >= 0.3 is 6.08 Å². The summed E-state index contributed by atoms with van der Waals surface area (Å²) in [6.45, 7) is 1.04. The number of amidine groups is 1. The van der Waals surface area contributed by atoms with Crippen molar-refractivity contribution in [2.75, 3.05) is 12.3 Å². The van der Waals surface area contributed by atoms with Gasteiger partial charge in [0.2, 0.25) is 0 Å². The molecule has 4 nitrogen and oxygen atoms in total. The Labute approximate surface area is 107 Å². The number of halogens is 3. The average molecular weight is 271 g/mol. The van der Waals surface area contributed by atoms with Crippen LogP contribution in [0.4, 0.5) is 18.9 Å². The Morgan fingerprint density at radius 1 is 1.37 bits per heavy atom. The molecule has 0 radical (unpaired) electrons. The van der Waals surface area contributed by atoms with Crippen LogP contribution < -0.4 is 11.5 Å². The predicted molar refractivity (Wildman–Crippen MR) is 65.0 cm³/mol. The first-order chi connectivity index (χ1) is 8.84. The maximum absolute atomic E-state index is 13.9. The van der Waals surface area contributed by atoms with Crippen LogP contribution in [0.3, 0.4) is 0 Å². The minimum atomic E-state index is -2.07. The summed E-state index contributed by atoms with van der Waals surface area (Å²) in [4.78, 5) is 3.93. The maximum Gasteiger partial charge on any atom is 0.310 e. The number of hydrogen-bond acceptors (Lipinski definition) is 4. The summed E-state index contributed by atoms with van der Waals surface area (Å²) in [5.41, 5.74) is 9.46. The molecule has 1 heterocycles. The molecule has 4 N–H and O–H groups in total. The number of hydrogen-bond donors (Lipinski definition) is 2. The van der Waals surface area contributed by atoms with Crippen LogP contribution in [0.15, 0.2) is 35.0 Å². The molecule has 0 amide bonds. The Morgan fingerprint density at radius 3 is 2.68 bits per heavy atom. The number of nitrogen functional groups attached to an aromatic ring is 1. The zero-order valence-corrected chi connectivity index (χ0v) is 10.1. The molecule has 2 rings (SSSR count). The van der Waals surface area contributed by atoms with Crippen LogP contribution in [0.5, 0.6) is 0 Å². The number of benzene rings is 1. The van der Waals surface area contributed by atoms with Gasteiger partial charge in [0, 0.05) is 11.3 Å². The van der Waals surface area contributed by atoms with Crippen molar-refractivity contribution in [1.82, 2.24) is 0 Å². The molecular formula is C12H12F3N3O. The van der Waals surface area contributed by atoms with Crippen LogP contribution in [0.25, 0.3) is 0 Å². The minimum Gasteiger partial charge on any atom is -0.482 e. The van der Waals surface area contributed by atoms with Crippen LogP contribution in [-0.4, -0.2) is 12.4 Å². The molecule has 0 fully saturated rings. The van der Waals surface area contributed by atoms with Gasteiger partial charge in [-0.2, -0.15) is 8.78 Å². The average Bonchev–Trinajstić information content (AvgIpc) is 2.31. The SMILES string of the molecule is CC1(c2cc(N)ccc2F)N=C(N)COC1=C(F)F. The van der Waals surface area contributed by atoms with Gasteiger partial charge in [-0.1, -0.05) is 0 Å². The zero-order chi connectivity index (χ0) is 14.2. The number of rotatable bonds is 1.